The molecule has 142 valence electrons. The van der Waals surface area contributed by atoms with Gasteiger partial charge in [0.15, 0.2) is 0 Å². The van der Waals surface area contributed by atoms with Crippen LogP contribution in [0.25, 0.3) is 33.2 Å². The molecular weight excluding hydrogens is 354 g/mol. The molecule has 0 fully saturated rings. The Morgan fingerprint density at radius 3 is 2.64 bits per heavy atom. The van der Waals surface area contributed by atoms with Crippen molar-refractivity contribution < 1.29 is 0 Å². The van der Waals surface area contributed by atoms with Crippen LogP contribution >= 0.6 is 0 Å². The normalized spacial score (nSPS) is 11.2. The highest BCUT2D eigenvalue weighted by Gasteiger charge is 2.17. The SMILES string of the molecule is CCc1n[nH]c(=O)c2ccc(-c3cnn(C)c3-c3cccn(CC)c3=O)cc12. The molecule has 3 heterocycles. The molecule has 1 N–H and O–H groups in total. The van der Waals surface area contributed by atoms with E-state index < -0.39 is 0 Å². The van der Waals surface area contributed by atoms with Gasteiger partial charge in [-0.1, -0.05) is 13.0 Å². The van der Waals surface area contributed by atoms with Gasteiger partial charge in [0.05, 0.1) is 28.5 Å². The summed E-state index contributed by atoms with van der Waals surface area (Å²) >= 11 is 0. The van der Waals surface area contributed by atoms with E-state index in [1.165, 1.54) is 0 Å². The highest BCUT2D eigenvalue weighted by atomic mass is 16.1. The standard InChI is InChI=1S/C21H21N5O2/c1-4-18-16-11-13(8-9-14(16)20(27)24-23-18)17-12-22-25(3)19(17)15-7-6-10-26(5-2)21(15)28/h6-12H,4-5H2,1-3H3,(H,24,27). The van der Waals surface area contributed by atoms with Crippen molar-refractivity contribution in [3.63, 3.8) is 0 Å². The van der Waals surface area contributed by atoms with Crippen molar-refractivity contribution in [3.8, 4) is 22.4 Å². The molecule has 3 aromatic heterocycles. The van der Waals surface area contributed by atoms with Gasteiger partial charge in [-0.05, 0) is 43.2 Å². The largest absolute Gasteiger partial charge is 0.315 e. The lowest BCUT2D eigenvalue weighted by molar-refractivity contribution is 0.723. The fourth-order valence-electron chi connectivity index (χ4n) is 3.59. The van der Waals surface area contributed by atoms with Gasteiger partial charge in [0, 0.05) is 30.7 Å². The molecule has 0 radical (unpaired) electrons. The van der Waals surface area contributed by atoms with Gasteiger partial charge in [-0.25, -0.2) is 5.10 Å². The third-order valence-corrected chi connectivity index (χ3v) is 5.07. The second-order valence-corrected chi connectivity index (χ2v) is 6.66. The van der Waals surface area contributed by atoms with Crippen molar-refractivity contribution in [1.82, 2.24) is 24.5 Å². The highest BCUT2D eigenvalue weighted by Crippen LogP contribution is 2.32. The van der Waals surface area contributed by atoms with E-state index in [0.717, 1.165) is 27.9 Å². The van der Waals surface area contributed by atoms with E-state index in [-0.39, 0.29) is 11.1 Å². The predicted molar refractivity (Wildman–Crippen MR) is 109 cm³/mol. The van der Waals surface area contributed by atoms with E-state index >= 15 is 0 Å². The van der Waals surface area contributed by atoms with Crippen LogP contribution < -0.4 is 11.1 Å². The third-order valence-electron chi connectivity index (χ3n) is 5.07. The molecule has 0 aliphatic carbocycles. The molecule has 0 atom stereocenters. The monoisotopic (exact) mass is 375 g/mol. The molecule has 0 aliphatic heterocycles. The van der Waals surface area contributed by atoms with Gasteiger partial charge in [0.2, 0.25) is 0 Å². The molecule has 0 saturated heterocycles. The quantitative estimate of drug-likeness (QED) is 0.594. The molecule has 7 heteroatoms. The van der Waals surface area contributed by atoms with Crippen LogP contribution in [0.5, 0.6) is 0 Å². The van der Waals surface area contributed by atoms with Gasteiger partial charge in [0.25, 0.3) is 11.1 Å². The van der Waals surface area contributed by atoms with Crippen molar-refractivity contribution >= 4 is 10.8 Å². The van der Waals surface area contributed by atoms with E-state index in [9.17, 15) is 9.59 Å². The Hall–Kier alpha value is -3.48. The number of aryl methyl sites for hydroxylation is 3. The zero-order chi connectivity index (χ0) is 19.8. The van der Waals surface area contributed by atoms with E-state index in [0.29, 0.717) is 23.9 Å². The van der Waals surface area contributed by atoms with Gasteiger partial charge in [-0.2, -0.15) is 10.2 Å². The first kappa shape index (κ1) is 17.9. The topological polar surface area (TPSA) is 85.6 Å². The lowest BCUT2D eigenvalue weighted by Gasteiger charge is -2.10. The Morgan fingerprint density at radius 2 is 1.89 bits per heavy atom. The number of H-pyrrole nitrogens is 1. The van der Waals surface area contributed by atoms with Crippen LogP contribution in [-0.4, -0.2) is 24.5 Å². The summed E-state index contributed by atoms with van der Waals surface area (Å²) in [5.41, 5.74) is 3.65. The Bertz CT molecular complexity index is 1300. The van der Waals surface area contributed by atoms with Crippen molar-refractivity contribution in [1.29, 1.82) is 0 Å². The Labute approximate surface area is 161 Å². The number of fused-ring (bicyclic) bond motifs is 1. The van der Waals surface area contributed by atoms with Gasteiger partial charge >= 0.3 is 0 Å². The average Bonchev–Trinajstić information content (AvgIpc) is 3.09. The minimum Gasteiger partial charge on any atom is -0.315 e. The number of nitrogens with zero attached hydrogens (tertiary/aromatic N) is 4. The zero-order valence-corrected chi connectivity index (χ0v) is 16.1. The Morgan fingerprint density at radius 1 is 1.07 bits per heavy atom. The van der Waals surface area contributed by atoms with E-state index in [1.807, 2.05) is 45.2 Å². The summed E-state index contributed by atoms with van der Waals surface area (Å²) in [7, 11) is 1.83. The second kappa shape index (κ2) is 6.92. The third kappa shape index (κ3) is 2.76. The molecule has 1 aromatic carbocycles. The van der Waals surface area contributed by atoms with Crippen LogP contribution in [0.2, 0.25) is 0 Å². The maximum atomic E-state index is 12.9. The number of nitrogens with one attached hydrogen (secondary N) is 1. The minimum absolute atomic E-state index is 0.0528. The summed E-state index contributed by atoms with van der Waals surface area (Å²) in [6.45, 7) is 4.54. The predicted octanol–water partition coefficient (Wildman–Crippen LogP) is 2.73. The number of rotatable bonds is 4. The first-order valence-electron chi connectivity index (χ1n) is 9.28. The Balaban J connectivity index is 1.98. The molecule has 0 spiro atoms. The van der Waals surface area contributed by atoms with Crippen molar-refractivity contribution in [3.05, 3.63) is 69.1 Å². The number of pyridine rings is 1. The molecule has 0 amide bonds. The molecule has 0 aliphatic rings. The van der Waals surface area contributed by atoms with Crippen LogP contribution in [0.3, 0.4) is 0 Å². The fraction of sp³-hybridized carbons (Fsp3) is 0.238. The molecule has 0 saturated carbocycles. The van der Waals surface area contributed by atoms with Crippen molar-refractivity contribution in [2.75, 3.05) is 0 Å². The molecule has 28 heavy (non-hydrogen) atoms. The second-order valence-electron chi connectivity index (χ2n) is 6.66. The summed E-state index contributed by atoms with van der Waals surface area (Å²) in [6, 6.07) is 9.34. The molecule has 4 aromatic rings. The average molecular weight is 375 g/mol. The van der Waals surface area contributed by atoms with Crippen LogP contribution in [0.1, 0.15) is 19.5 Å². The number of hydrogen-bond donors (Lipinski definition) is 1. The van der Waals surface area contributed by atoms with Crippen molar-refractivity contribution in [2.45, 2.75) is 26.8 Å². The lowest BCUT2D eigenvalue weighted by atomic mass is 9.99. The number of aromatic nitrogens is 5. The Kier molecular flexibility index (Phi) is 4.43. The first-order valence-corrected chi connectivity index (χ1v) is 9.28. The van der Waals surface area contributed by atoms with Gasteiger partial charge in [-0.15, -0.1) is 0 Å². The first-order chi connectivity index (χ1) is 13.5. The maximum Gasteiger partial charge on any atom is 0.272 e. The number of aromatic amines is 1. The lowest BCUT2D eigenvalue weighted by Crippen LogP contribution is -2.20. The molecular formula is C21H21N5O2. The highest BCUT2D eigenvalue weighted by molar-refractivity contribution is 5.91. The molecule has 7 nitrogen and oxygen atoms in total. The summed E-state index contributed by atoms with van der Waals surface area (Å²) in [5, 5.41) is 12.5. The molecule has 0 unspecified atom stereocenters. The van der Waals surface area contributed by atoms with E-state index in [4.69, 9.17) is 0 Å². The smallest absolute Gasteiger partial charge is 0.272 e. The molecule has 0 bridgehead atoms. The van der Waals surface area contributed by atoms with Crippen LogP contribution in [0.15, 0.2) is 52.3 Å². The number of benzene rings is 1. The number of hydrogen-bond acceptors (Lipinski definition) is 4. The summed E-state index contributed by atoms with van der Waals surface area (Å²) in [6.07, 6.45) is 4.24. The summed E-state index contributed by atoms with van der Waals surface area (Å²) in [4.78, 5) is 25.0. The molecule has 4 rings (SSSR count). The van der Waals surface area contributed by atoms with Crippen LogP contribution in [-0.2, 0) is 20.0 Å². The van der Waals surface area contributed by atoms with Gasteiger partial charge < -0.3 is 4.57 Å². The maximum absolute atomic E-state index is 12.9. The fourth-order valence-corrected chi connectivity index (χ4v) is 3.59. The van der Waals surface area contributed by atoms with Gasteiger partial charge in [0.1, 0.15) is 0 Å². The zero-order valence-electron chi connectivity index (χ0n) is 16.1. The van der Waals surface area contributed by atoms with Gasteiger partial charge in [-0.3, -0.25) is 14.3 Å². The van der Waals surface area contributed by atoms with E-state index in [2.05, 4.69) is 15.3 Å². The van der Waals surface area contributed by atoms with Crippen LogP contribution in [0, 0.1) is 0 Å². The van der Waals surface area contributed by atoms with E-state index in [1.54, 1.807) is 27.7 Å². The summed E-state index contributed by atoms with van der Waals surface area (Å²) < 4.78 is 3.39. The summed E-state index contributed by atoms with van der Waals surface area (Å²) in [5.74, 6) is 0. The minimum atomic E-state index is -0.209. The van der Waals surface area contributed by atoms with Crippen LogP contribution in [0.4, 0.5) is 0 Å². The van der Waals surface area contributed by atoms with Crippen molar-refractivity contribution in [2.24, 2.45) is 7.05 Å².